The first-order valence-electron chi connectivity index (χ1n) is 23.9. The Bertz CT molecular complexity index is 2560. The molecule has 0 aliphatic carbocycles. The van der Waals surface area contributed by atoms with E-state index in [1.807, 2.05) is 43.7 Å². The maximum absolute atomic E-state index is 13.9. The molecule has 5 aromatic rings. The number of amides is 4. The van der Waals surface area contributed by atoms with Crippen LogP contribution in [0.5, 0.6) is 0 Å². The molecule has 2 aromatic heterocycles. The van der Waals surface area contributed by atoms with Crippen molar-refractivity contribution in [2.75, 3.05) is 32.2 Å². The summed E-state index contributed by atoms with van der Waals surface area (Å²) in [6, 6.07) is 22.6. The molecule has 0 bridgehead atoms. The van der Waals surface area contributed by atoms with E-state index in [9.17, 15) is 19.2 Å². The third-order valence-corrected chi connectivity index (χ3v) is 14.0. The van der Waals surface area contributed by atoms with E-state index in [1.54, 1.807) is 0 Å². The Kier molecular flexibility index (Phi) is 13.7. The van der Waals surface area contributed by atoms with E-state index in [4.69, 9.17) is 19.4 Å². The number of methoxy groups -OCH3 is 2. The number of alkyl carbamates (subject to hydrolysis) is 2. The van der Waals surface area contributed by atoms with Gasteiger partial charge in [-0.25, -0.2) is 19.6 Å². The van der Waals surface area contributed by atoms with Crippen molar-refractivity contribution in [1.82, 2.24) is 40.4 Å². The van der Waals surface area contributed by atoms with Gasteiger partial charge in [0.1, 0.15) is 23.7 Å². The molecular weight excluding hydrogens is 847 g/mol. The quantitative estimate of drug-likeness (QED) is 0.0950. The van der Waals surface area contributed by atoms with Gasteiger partial charge >= 0.3 is 12.2 Å². The number of ether oxygens (including phenoxy) is 2. The molecule has 8 rings (SSSR count). The first kappa shape index (κ1) is 47.1. The van der Waals surface area contributed by atoms with Crippen molar-refractivity contribution in [2.45, 2.75) is 129 Å². The van der Waals surface area contributed by atoms with Crippen LogP contribution in [0.1, 0.15) is 139 Å². The van der Waals surface area contributed by atoms with Gasteiger partial charge < -0.3 is 44.8 Å². The molecule has 0 radical (unpaired) electrons. The Labute approximate surface area is 393 Å². The Morgan fingerprint density at radius 3 is 1.75 bits per heavy atom. The molecule has 3 aliphatic rings. The number of anilines is 1. The summed E-state index contributed by atoms with van der Waals surface area (Å²) in [5.41, 5.74) is 8.52. The van der Waals surface area contributed by atoms with Gasteiger partial charge in [0.25, 0.3) is 0 Å². The molecule has 15 heteroatoms. The highest BCUT2D eigenvalue weighted by Gasteiger charge is 2.40. The molecule has 3 aromatic carbocycles. The van der Waals surface area contributed by atoms with Crippen molar-refractivity contribution in [2.24, 2.45) is 11.8 Å². The molecule has 0 unspecified atom stereocenters. The molecule has 4 amide bonds. The van der Waals surface area contributed by atoms with E-state index < -0.39 is 24.3 Å². The molecule has 3 fully saturated rings. The zero-order chi connectivity index (χ0) is 47.7. The van der Waals surface area contributed by atoms with Crippen LogP contribution in [0.2, 0.25) is 0 Å². The fraction of sp³-hybridized carbons (Fsp3) is 0.500. The average Bonchev–Trinajstić information content (AvgIpc) is 4.18. The molecular formula is C52H67N9O6. The van der Waals surface area contributed by atoms with E-state index in [0.717, 1.165) is 78.2 Å². The standard InChI is InChI=1S/C52H67N9O6/c1-30(2)44(57-50(64)66-8)48(62)59-26-10-12-42(59)46-53-29-39(56-46)32-14-16-33(17-15-32)40-24-25-41(61(40)36-21-19-35(20-22-36)52(5,6)7)34-18-23-37-38(28-34)55-47(54-37)43-13-11-27-60(43)49(63)45(31(3)4)58-51(65)67-9/h14-23,28-31,40-45H,10-13,24-27H2,1-9H3,(H,53,56)(H,54,55)(H,57,64)(H,58,65)/t40-,41+,42+,43+,44+,45+/m1/s1. The van der Waals surface area contributed by atoms with Crippen LogP contribution in [0.25, 0.3) is 22.3 Å². The first-order chi connectivity index (χ1) is 32.1. The van der Waals surface area contributed by atoms with Crippen LogP contribution < -0.4 is 15.5 Å². The summed E-state index contributed by atoms with van der Waals surface area (Å²) < 4.78 is 9.64. The maximum Gasteiger partial charge on any atom is 0.407 e. The summed E-state index contributed by atoms with van der Waals surface area (Å²) in [5.74, 6) is 0.988. The number of hydrogen-bond acceptors (Lipinski definition) is 9. The Morgan fingerprint density at radius 2 is 1.21 bits per heavy atom. The molecule has 0 spiro atoms. The molecule has 356 valence electrons. The number of imidazole rings is 2. The van der Waals surface area contributed by atoms with Crippen molar-refractivity contribution < 1.29 is 28.7 Å². The highest BCUT2D eigenvalue weighted by Crippen LogP contribution is 2.48. The Hall–Kier alpha value is -6.38. The molecule has 67 heavy (non-hydrogen) atoms. The van der Waals surface area contributed by atoms with Crippen LogP contribution >= 0.6 is 0 Å². The number of hydrogen-bond donors (Lipinski definition) is 4. The zero-order valence-electron chi connectivity index (χ0n) is 40.4. The second-order valence-electron chi connectivity index (χ2n) is 20.1. The van der Waals surface area contributed by atoms with E-state index >= 15 is 0 Å². The van der Waals surface area contributed by atoms with Gasteiger partial charge in [-0.2, -0.15) is 0 Å². The minimum absolute atomic E-state index is 0.0188. The SMILES string of the molecule is COC(=O)N[C@H](C(=O)N1CCC[C@H]1c1ncc(-c2ccc([C@H]3CC[C@@H](c4ccc5nc([C@@H]6CCCN6C(=O)[C@@H](NC(=O)OC)C(C)C)[nH]c5c4)N3c3ccc(C(C)(C)C)cc3)cc2)[nH]1)C(C)C. The third kappa shape index (κ3) is 9.73. The van der Waals surface area contributed by atoms with Gasteiger partial charge in [0, 0.05) is 18.8 Å². The number of nitrogens with zero attached hydrogens (tertiary/aromatic N) is 5. The second kappa shape index (κ2) is 19.5. The van der Waals surface area contributed by atoms with Crippen LogP contribution in [-0.2, 0) is 24.5 Å². The number of H-pyrrole nitrogens is 2. The van der Waals surface area contributed by atoms with E-state index in [0.29, 0.717) is 13.1 Å². The summed E-state index contributed by atoms with van der Waals surface area (Å²) >= 11 is 0. The number of aromatic nitrogens is 4. The molecule has 6 atom stereocenters. The Balaban J connectivity index is 1.04. The lowest BCUT2D eigenvalue weighted by atomic mass is 9.87. The van der Waals surface area contributed by atoms with Crippen LogP contribution in [0.3, 0.4) is 0 Å². The smallest absolute Gasteiger partial charge is 0.407 e. The minimum Gasteiger partial charge on any atom is -0.453 e. The van der Waals surface area contributed by atoms with Gasteiger partial charge in [0.15, 0.2) is 0 Å². The third-order valence-electron chi connectivity index (χ3n) is 14.0. The summed E-state index contributed by atoms with van der Waals surface area (Å²) in [6.07, 6.45) is 5.75. The molecule has 15 nitrogen and oxygen atoms in total. The summed E-state index contributed by atoms with van der Waals surface area (Å²) in [6.45, 7) is 15.6. The highest BCUT2D eigenvalue weighted by molar-refractivity contribution is 5.87. The normalized spacial score (nSPS) is 20.7. The Morgan fingerprint density at radius 1 is 0.672 bits per heavy atom. The van der Waals surface area contributed by atoms with Gasteiger partial charge in [-0.05, 0) is 102 Å². The highest BCUT2D eigenvalue weighted by atomic mass is 16.5. The van der Waals surface area contributed by atoms with E-state index in [1.165, 1.54) is 30.9 Å². The molecule has 3 aliphatic heterocycles. The maximum atomic E-state index is 13.9. The van der Waals surface area contributed by atoms with Crippen molar-refractivity contribution in [1.29, 1.82) is 0 Å². The number of fused-ring (bicyclic) bond motifs is 1. The second-order valence-corrected chi connectivity index (χ2v) is 20.1. The van der Waals surface area contributed by atoms with Crippen molar-refractivity contribution in [3.63, 3.8) is 0 Å². The van der Waals surface area contributed by atoms with Crippen LogP contribution in [-0.4, -0.2) is 93.1 Å². The average molecular weight is 914 g/mol. The predicted octanol–water partition coefficient (Wildman–Crippen LogP) is 9.42. The van der Waals surface area contributed by atoms with Gasteiger partial charge in [0.2, 0.25) is 11.8 Å². The van der Waals surface area contributed by atoms with Gasteiger partial charge in [-0.3, -0.25) is 9.59 Å². The molecule has 4 N–H and O–H groups in total. The van der Waals surface area contributed by atoms with Crippen LogP contribution in [0.4, 0.5) is 15.3 Å². The van der Waals surface area contributed by atoms with Gasteiger partial charge in [0.05, 0.1) is 61.3 Å². The fourth-order valence-corrected chi connectivity index (χ4v) is 10.3. The largest absolute Gasteiger partial charge is 0.453 e. The number of benzene rings is 3. The number of likely N-dealkylation sites (tertiary alicyclic amines) is 2. The lowest BCUT2D eigenvalue weighted by Gasteiger charge is -2.34. The van der Waals surface area contributed by atoms with Gasteiger partial charge in [-0.15, -0.1) is 0 Å². The van der Waals surface area contributed by atoms with Crippen molar-refractivity contribution in [3.05, 3.63) is 101 Å². The van der Waals surface area contributed by atoms with Crippen LogP contribution in [0, 0.1) is 11.8 Å². The monoisotopic (exact) mass is 914 g/mol. The zero-order valence-corrected chi connectivity index (χ0v) is 40.4. The lowest BCUT2D eigenvalue weighted by Crippen LogP contribution is -2.51. The summed E-state index contributed by atoms with van der Waals surface area (Å²) in [4.78, 5) is 75.1. The fourth-order valence-electron chi connectivity index (χ4n) is 10.3. The minimum atomic E-state index is -0.702. The molecule has 0 saturated carbocycles. The van der Waals surface area contributed by atoms with Crippen molar-refractivity contribution in [3.8, 4) is 11.3 Å². The number of rotatable bonds is 12. The first-order valence-corrected chi connectivity index (χ1v) is 23.9. The summed E-state index contributed by atoms with van der Waals surface area (Å²) in [5, 5.41) is 5.47. The molecule has 5 heterocycles. The van der Waals surface area contributed by atoms with E-state index in [-0.39, 0.29) is 53.2 Å². The van der Waals surface area contributed by atoms with Crippen LogP contribution in [0.15, 0.2) is 72.9 Å². The number of nitrogens with one attached hydrogen (secondary N) is 4. The van der Waals surface area contributed by atoms with E-state index in [2.05, 4.69) is 113 Å². The number of aromatic amines is 2. The number of carbonyl (C=O) groups is 4. The lowest BCUT2D eigenvalue weighted by molar-refractivity contribution is -0.136. The van der Waals surface area contributed by atoms with Crippen molar-refractivity contribution >= 4 is 40.7 Å². The molecule has 3 saturated heterocycles. The van der Waals surface area contributed by atoms with Gasteiger partial charge in [-0.1, -0.05) is 90.9 Å². The topological polar surface area (TPSA) is 178 Å². The summed E-state index contributed by atoms with van der Waals surface area (Å²) in [7, 11) is 2.60. The predicted molar refractivity (Wildman–Crippen MR) is 258 cm³/mol. The number of carbonyl (C=O) groups excluding carboxylic acids is 4.